The van der Waals surface area contributed by atoms with E-state index in [1.807, 2.05) is 35.0 Å². The molecule has 0 radical (unpaired) electrons. The molecule has 0 unspecified atom stereocenters. The first-order valence-electron chi connectivity index (χ1n) is 6.05. The maximum atomic E-state index is 6.01. The molecule has 0 saturated carbocycles. The second-order valence-corrected chi connectivity index (χ2v) is 6.36. The van der Waals surface area contributed by atoms with Crippen molar-refractivity contribution in [2.45, 2.75) is 10.9 Å². The number of hydrogen-bond donors (Lipinski definition) is 0. The highest BCUT2D eigenvalue weighted by molar-refractivity contribution is 7.98. The van der Waals surface area contributed by atoms with Crippen LogP contribution < -0.4 is 4.74 Å². The van der Waals surface area contributed by atoms with Crippen LogP contribution in [0.25, 0.3) is 5.69 Å². The summed E-state index contributed by atoms with van der Waals surface area (Å²) < 4.78 is 11.6. The van der Waals surface area contributed by atoms with Crippen LogP contribution in [0.3, 0.4) is 0 Å². The Hall–Kier alpha value is -1.57. The van der Waals surface area contributed by atoms with E-state index in [0.29, 0.717) is 10.1 Å². The summed E-state index contributed by atoms with van der Waals surface area (Å²) in [6, 6.07) is 7.82. The van der Waals surface area contributed by atoms with Crippen molar-refractivity contribution in [1.82, 2.24) is 19.1 Å². The topological polar surface area (TPSA) is 52.8 Å². The molecule has 108 valence electrons. The molecular weight excluding hydrogens is 328 g/mol. The van der Waals surface area contributed by atoms with Crippen molar-refractivity contribution in [2.75, 3.05) is 7.11 Å². The van der Waals surface area contributed by atoms with Crippen LogP contribution in [0.1, 0.15) is 5.69 Å². The Balaban J connectivity index is 1.78. The lowest BCUT2D eigenvalue weighted by atomic mass is 10.3. The van der Waals surface area contributed by atoms with Crippen LogP contribution in [0.4, 0.5) is 0 Å². The van der Waals surface area contributed by atoms with E-state index in [0.717, 1.165) is 22.3 Å². The fourth-order valence-electron chi connectivity index (χ4n) is 1.75. The van der Waals surface area contributed by atoms with Crippen LogP contribution in [0.5, 0.6) is 5.75 Å². The summed E-state index contributed by atoms with van der Waals surface area (Å²) in [6.45, 7) is 0. The van der Waals surface area contributed by atoms with Crippen molar-refractivity contribution < 1.29 is 4.74 Å². The number of benzene rings is 1. The standard InChI is InChI=1S/C13H11ClN4OS2/c1-19-10-4-2-9(3-5-10)18-7-6-15-13(18)20-8-11-12(14)21-17-16-11/h2-7H,8H2,1H3. The molecule has 0 spiro atoms. The van der Waals surface area contributed by atoms with Gasteiger partial charge in [0, 0.05) is 35.4 Å². The fraction of sp³-hybridized carbons (Fsp3) is 0.154. The maximum absolute atomic E-state index is 6.01. The van der Waals surface area contributed by atoms with E-state index in [1.54, 1.807) is 25.1 Å². The predicted molar refractivity (Wildman–Crippen MR) is 84.6 cm³/mol. The summed E-state index contributed by atoms with van der Waals surface area (Å²) >= 11 is 8.78. The molecule has 0 amide bonds. The lowest BCUT2D eigenvalue weighted by Gasteiger charge is -2.07. The summed E-state index contributed by atoms with van der Waals surface area (Å²) in [5.41, 5.74) is 1.81. The SMILES string of the molecule is COc1ccc(-n2ccnc2SCc2nnsc2Cl)cc1. The first-order chi connectivity index (χ1) is 10.3. The Morgan fingerprint density at radius 1 is 1.33 bits per heavy atom. The molecule has 5 nitrogen and oxygen atoms in total. The fourth-order valence-corrected chi connectivity index (χ4v) is 3.46. The van der Waals surface area contributed by atoms with E-state index in [9.17, 15) is 0 Å². The predicted octanol–water partition coefficient (Wildman–Crippen LogP) is 3.68. The van der Waals surface area contributed by atoms with E-state index in [4.69, 9.17) is 16.3 Å². The van der Waals surface area contributed by atoms with Gasteiger partial charge >= 0.3 is 0 Å². The number of nitrogens with zero attached hydrogens (tertiary/aromatic N) is 4. The Morgan fingerprint density at radius 3 is 2.81 bits per heavy atom. The normalized spacial score (nSPS) is 10.8. The second-order valence-electron chi connectivity index (χ2n) is 4.06. The Kier molecular flexibility index (Phi) is 4.42. The molecule has 3 rings (SSSR count). The molecule has 8 heteroatoms. The molecule has 2 heterocycles. The second kappa shape index (κ2) is 6.46. The monoisotopic (exact) mass is 338 g/mol. The van der Waals surface area contributed by atoms with Gasteiger partial charge in [-0.3, -0.25) is 4.57 Å². The first-order valence-corrected chi connectivity index (χ1v) is 8.19. The quantitative estimate of drug-likeness (QED) is 0.664. The lowest BCUT2D eigenvalue weighted by Crippen LogP contribution is -1.95. The molecule has 0 aliphatic heterocycles. The minimum Gasteiger partial charge on any atom is -0.497 e. The van der Waals surface area contributed by atoms with Crippen molar-refractivity contribution in [3.63, 3.8) is 0 Å². The van der Waals surface area contributed by atoms with E-state index < -0.39 is 0 Å². The zero-order chi connectivity index (χ0) is 14.7. The molecular formula is C13H11ClN4OS2. The van der Waals surface area contributed by atoms with Crippen LogP contribution >= 0.6 is 34.9 Å². The van der Waals surface area contributed by atoms with Gasteiger partial charge in [-0.15, -0.1) is 5.10 Å². The van der Waals surface area contributed by atoms with Crippen LogP contribution in [0, 0.1) is 0 Å². The zero-order valence-electron chi connectivity index (χ0n) is 11.1. The molecule has 0 bridgehead atoms. The van der Waals surface area contributed by atoms with Crippen LogP contribution in [0.2, 0.25) is 4.34 Å². The number of imidazole rings is 1. The molecule has 0 N–H and O–H groups in total. The van der Waals surface area contributed by atoms with Crippen molar-refractivity contribution in [3.05, 3.63) is 46.7 Å². The van der Waals surface area contributed by atoms with Gasteiger partial charge in [0.15, 0.2) is 5.16 Å². The zero-order valence-corrected chi connectivity index (χ0v) is 13.5. The third-order valence-electron chi connectivity index (χ3n) is 2.80. The highest BCUT2D eigenvalue weighted by Crippen LogP contribution is 2.28. The van der Waals surface area contributed by atoms with Gasteiger partial charge in [0.2, 0.25) is 0 Å². The largest absolute Gasteiger partial charge is 0.497 e. The Bertz CT molecular complexity index is 726. The highest BCUT2D eigenvalue weighted by atomic mass is 35.5. The number of halogens is 1. The van der Waals surface area contributed by atoms with E-state index >= 15 is 0 Å². The van der Waals surface area contributed by atoms with Gasteiger partial charge in [0.1, 0.15) is 15.8 Å². The maximum Gasteiger partial charge on any atom is 0.172 e. The van der Waals surface area contributed by atoms with Gasteiger partial charge < -0.3 is 4.74 Å². The van der Waals surface area contributed by atoms with E-state index in [-0.39, 0.29) is 0 Å². The van der Waals surface area contributed by atoms with Crippen molar-refractivity contribution in [1.29, 1.82) is 0 Å². The molecule has 0 saturated heterocycles. The van der Waals surface area contributed by atoms with Gasteiger partial charge in [-0.1, -0.05) is 27.9 Å². The number of rotatable bonds is 5. The van der Waals surface area contributed by atoms with Crippen molar-refractivity contribution >= 4 is 34.9 Å². The molecule has 0 aliphatic carbocycles. The number of methoxy groups -OCH3 is 1. The van der Waals surface area contributed by atoms with Crippen LogP contribution in [-0.2, 0) is 5.75 Å². The number of thioether (sulfide) groups is 1. The molecule has 0 atom stereocenters. The molecule has 1 aromatic carbocycles. The summed E-state index contributed by atoms with van der Waals surface area (Å²) in [6.07, 6.45) is 3.69. The highest BCUT2D eigenvalue weighted by Gasteiger charge is 2.10. The minimum atomic E-state index is 0.630. The number of aromatic nitrogens is 4. The van der Waals surface area contributed by atoms with Gasteiger partial charge in [-0.2, -0.15) is 0 Å². The number of ether oxygens (including phenoxy) is 1. The molecule has 0 aliphatic rings. The van der Waals surface area contributed by atoms with Crippen LogP contribution in [0.15, 0.2) is 41.8 Å². The summed E-state index contributed by atoms with van der Waals surface area (Å²) in [4.78, 5) is 4.37. The van der Waals surface area contributed by atoms with Gasteiger partial charge in [-0.05, 0) is 24.3 Å². The average molecular weight is 339 g/mol. The van der Waals surface area contributed by atoms with E-state index in [1.165, 1.54) is 11.5 Å². The van der Waals surface area contributed by atoms with Gasteiger partial charge in [0.25, 0.3) is 0 Å². The summed E-state index contributed by atoms with van der Waals surface area (Å²) in [7, 11) is 1.65. The third-order valence-corrected chi connectivity index (χ3v) is 4.77. The van der Waals surface area contributed by atoms with Gasteiger partial charge in [0.05, 0.1) is 7.11 Å². The van der Waals surface area contributed by atoms with Gasteiger partial charge in [-0.25, -0.2) is 4.98 Å². The molecule has 21 heavy (non-hydrogen) atoms. The van der Waals surface area contributed by atoms with Crippen molar-refractivity contribution in [2.24, 2.45) is 0 Å². The third kappa shape index (κ3) is 3.20. The van der Waals surface area contributed by atoms with Crippen molar-refractivity contribution in [3.8, 4) is 11.4 Å². The average Bonchev–Trinajstić information content (AvgIpc) is 3.14. The smallest absolute Gasteiger partial charge is 0.172 e. The summed E-state index contributed by atoms with van der Waals surface area (Å²) in [5.74, 6) is 1.47. The molecule has 3 aromatic rings. The molecule has 2 aromatic heterocycles. The first kappa shape index (κ1) is 14.4. The minimum absolute atomic E-state index is 0.630. The molecule has 0 fully saturated rings. The van der Waals surface area contributed by atoms with E-state index in [2.05, 4.69) is 14.6 Å². The number of hydrogen-bond acceptors (Lipinski definition) is 6. The lowest BCUT2D eigenvalue weighted by molar-refractivity contribution is 0.414. The Morgan fingerprint density at radius 2 is 2.14 bits per heavy atom. The Labute approximate surface area is 135 Å². The summed E-state index contributed by atoms with van der Waals surface area (Å²) in [5, 5.41) is 4.88. The van der Waals surface area contributed by atoms with Crippen LogP contribution in [-0.4, -0.2) is 26.2 Å².